The summed E-state index contributed by atoms with van der Waals surface area (Å²) in [7, 11) is 0. The van der Waals surface area contributed by atoms with Gasteiger partial charge in [0.05, 0.1) is 14.8 Å². The minimum Gasteiger partial charge on any atom is -0.481 e. The topological polar surface area (TPSA) is 31.2 Å². The van der Waals surface area contributed by atoms with E-state index in [-0.39, 0.29) is 29.2 Å². The van der Waals surface area contributed by atoms with Crippen molar-refractivity contribution in [3.05, 3.63) is 49.8 Å². The average molecular weight is 415 g/mol. The first-order valence-electron chi connectivity index (χ1n) is 6.44. The quantitative estimate of drug-likeness (QED) is 0.566. The van der Waals surface area contributed by atoms with Crippen molar-refractivity contribution in [2.45, 2.75) is 13.5 Å². The summed E-state index contributed by atoms with van der Waals surface area (Å²) in [6, 6.07) is 5.17. The highest BCUT2D eigenvalue weighted by Crippen LogP contribution is 2.29. The van der Waals surface area contributed by atoms with Crippen molar-refractivity contribution in [1.82, 2.24) is 4.57 Å². The van der Waals surface area contributed by atoms with Crippen LogP contribution in [0.3, 0.4) is 0 Å². The van der Waals surface area contributed by atoms with E-state index in [1.807, 2.05) is 22.6 Å². The van der Waals surface area contributed by atoms with E-state index < -0.39 is 11.6 Å². The number of pyridine rings is 1. The van der Waals surface area contributed by atoms with E-state index in [1.165, 1.54) is 16.7 Å². The summed E-state index contributed by atoms with van der Waals surface area (Å²) in [6.45, 7) is 1.96. The molecule has 1 aromatic heterocycles. The number of aromatic nitrogens is 1. The maximum atomic E-state index is 14.3. The fourth-order valence-corrected chi connectivity index (χ4v) is 2.56. The van der Waals surface area contributed by atoms with E-state index in [2.05, 4.69) is 5.92 Å². The van der Waals surface area contributed by atoms with Gasteiger partial charge in [0.2, 0.25) is 0 Å². The number of hydrogen-bond acceptors (Lipinski definition) is 2. The fourth-order valence-electron chi connectivity index (χ4n) is 2.09. The molecular weight excluding hydrogens is 403 g/mol. The van der Waals surface area contributed by atoms with Gasteiger partial charge in [-0.15, -0.1) is 6.42 Å². The molecule has 2 aromatic rings. The lowest BCUT2D eigenvalue weighted by Crippen LogP contribution is -2.23. The molecule has 0 aliphatic carbocycles. The molecule has 0 unspecified atom stereocenters. The van der Waals surface area contributed by atoms with Crippen molar-refractivity contribution in [3.8, 4) is 29.4 Å². The Morgan fingerprint density at radius 3 is 2.50 bits per heavy atom. The minimum absolute atomic E-state index is 0.00704. The normalized spacial score (nSPS) is 10.3. The van der Waals surface area contributed by atoms with Gasteiger partial charge in [0, 0.05) is 18.7 Å². The lowest BCUT2D eigenvalue weighted by molar-refractivity contribution is 0.365. The number of terminal acetylenes is 1. The second-order valence-electron chi connectivity index (χ2n) is 4.37. The van der Waals surface area contributed by atoms with Crippen LogP contribution in [0.2, 0.25) is 0 Å². The number of rotatable bonds is 4. The molecule has 0 radical (unpaired) electrons. The zero-order chi connectivity index (χ0) is 16.3. The molecule has 0 fully saturated rings. The smallest absolute Gasteiger partial charge is 0.264 e. The van der Waals surface area contributed by atoms with Gasteiger partial charge in [-0.1, -0.05) is 5.92 Å². The molecule has 22 heavy (non-hydrogen) atoms. The van der Waals surface area contributed by atoms with Gasteiger partial charge in [-0.3, -0.25) is 4.79 Å². The van der Waals surface area contributed by atoms with Crippen molar-refractivity contribution >= 4 is 22.6 Å². The summed E-state index contributed by atoms with van der Waals surface area (Å²) >= 11 is 1.89. The van der Waals surface area contributed by atoms with Crippen LogP contribution in [0, 0.1) is 27.5 Å². The van der Waals surface area contributed by atoms with Gasteiger partial charge in [-0.2, -0.15) is 0 Å². The Morgan fingerprint density at radius 2 is 1.95 bits per heavy atom. The van der Waals surface area contributed by atoms with Gasteiger partial charge < -0.3 is 9.30 Å². The molecule has 0 amide bonds. The van der Waals surface area contributed by atoms with E-state index in [4.69, 9.17) is 11.2 Å². The summed E-state index contributed by atoms with van der Waals surface area (Å²) in [6.07, 6.45) is 5.04. The first kappa shape index (κ1) is 16.5. The van der Waals surface area contributed by atoms with E-state index in [9.17, 15) is 13.6 Å². The van der Waals surface area contributed by atoms with Crippen LogP contribution in [0.5, 0.6) is 5.75 Å². The van der Waals surface area contributed by atoms with Gasteiger partial charge in [-0.25, -0.2) is 8.78 Å². The van der Waals surface area contributed by atoms with Gasteiger partial charge >= 0.3 is 0 Å². The van der Waals surface area contributed by atoms with Crippen molar-refractivity contribution in [1.29, 1.82) is 0 Å². The summed E-state index contributed by atoms with van der Waals surface area (Å²) < 4.78 is 35.4. The molecule has 0 N–H and O–H groups in total. The van der Waals surface area contributed by atoms with Crippen molar-refractivity contribution in [3.63, 3.8) is 0 Å². The largest absolute Gasteiger partial charge is 0.481 e. The van der Waals surface area contributed by atoms with Gasteiger partial charge in [-0.05, 0) is 41.6 Å². The van der Waals surface area contributed by atoms with Gasteiger partial charge in [0.1, 0.15) is 24.0 Å². The first-order valence-corrected chi connectivity index (χ1v) is 7.52. The molecular formula is C16H12F2INO2. The molecule has 3 nitrogen and oxygen atoms in total. The highest BCUT2D eigenvalue weighted by molar-refractivity contribution is 14.1. The van der Waals surface area contributed by atoms with Crippen LogP contribution in [-0.2, 0) is 6.54 Å². The monoisotopic (exact) mass is 415 g/mol. The third-order valence-corrected chi connectivity index (χ3v) is 3.86. The van der Waals surface area contributed by atoms with Crippen molar-refractivity contribution in [2.24, 2.45) is 0 Å². The molecule has 6 heteroatoms. The van der Waals surface area contributed by atoms with Crippen LogP contribution in [0.15, 0.2) is 29.1 Å². The number of halogens is 3. The highest BCUT2D eigenvalue weighted by Gasteiger charge is 2.18. The van der Waals surface area contributed by atoms with Crippen LogP contribution >= 0.6 is 22.6 Å². The number of nitrogens with zero attached hydrogens (tertiary/aromatic N) is 1. The summed E-state index contributed by atoms with van der Waals surface area (Å²) in [5.41, 5.74) is -0.359. The molecule has 0 aliphatic heterocycles. The SMILES string of the molecule is C#CCOc1cc(F)c(-c2ccc(I)c(=O)n2CC)c(F)c1. The van der Waals surface area contributed by atoms with Crippen molar-refractivity contribution in [2.75, 3.05) is 6.61 Å². The molecule has 0 saturated heterocycles. The second kappa shape index (κ2) is 6.92. The lowest BCUT2D eigenvalue weighted by atomic mass is 10.1. The highest BCUT2D eigenvalue weighted by atomic mass is 127. The summed E-state index contributed by atoms with van der Waals surface area (Å²) in [5, 5.41) is 0. The second-order valence-corrected chi connectivity index (χ2v) is 5.53. The number of ether oxygens (including phenoxy) is 1. The maximum Gasteiger partial charge on any atom is 0.264 e. The molecule has 0 saturated carbocycles. The molecule has 2 rings (SSSR count). The Morgan fingerprint density at radius 1 is 1.32 bits per heavy atom. The molecule has 0 atom stereocenters. The van der Waals surface area contributed by atoms with Crippen LogP contribution in [-0.4, -0.2) is 11.2 Å². The summed E-state index contributed by atoms with van der Waals surface area (Å²) in [4.78, 5) is 12.1. The lowest BCUT2D eigenvalue weighted by Gasteiger charge is -2.14. The maximum absolute atomic E-state index is 14.3. The minimum atomic E-state index is -0.810. The zero-order valence-electron chi connectivity index (χ0n) is 11.7. The van der Waals surface area contributed by atoms with E-state index in [0.717, 1.165) is 12.1 Å². The molecule has 0 bridgehead atoms. The van der Waals surface area contributed by atoms with E-state index in [1.54, 1.807) is 6.92 Å². The fraction of sp³-hybridized carbons (Fsp3) is 0.188. The third-order valence-electron chi connectivity index (χ3n) is 3.04. The number of benzene rings is 1. The van der Waals surface area contributed by atoms with Crippen LogP contribution in [0.1, 0.15) is 6.92 Å². The van der Waals surface area contributed by atoms with Crippen molar-refractivity contribution < 1.29 is 13.5 Å². The van der Waals surface area contributed by atoms with Crippen LogP contribution < -0.4 is 10.3 Å². The Labute approximate surface area is 140 Å². The molecule has 0 spiro atoms. The Kier molecular flexibility index (Phi) is 5.19. The van der Waals surface area contributed by atoms with Crippen LogP contribution in [0.25, 0.3) is 11.3 Å². The Balaban J connectivity index is 2.62. The standard InChI is InChI=1S/C16H12F2INO2/c1-3-7-22-10-8-11(17)15(12(18)9-10)14-6-5-13(19)16(21)20(14)4-2/h1,5-6,8-9H,4,7H2,2H3. The summed E-state index contributed by atoms with van der Waals surface area (Å²) in [5.74, 6) is 0.606. The van der Waals surface area contributed by atoms with Gasteiger partial charge in [0.15, 0.2) is 0 Å². The van der Waals surface area contributed by atoms with Crippen LogP contribution in [0.4, 0.5) is 8.78 Å². The predicted octanol–water partition coefficient (Wildman–Crippen LogP) is 3.43. The number of hydrogen-bond donors (Lipinski definition) is 0. The molecule has 1 heterocycles. The third kappa shape index (κ3) is 3.14. The average Bonchev–Trinajstić information content (AvgIpc) is 2.48. The first-order chi connectivity index (χ1) is 10.5. The molecule has 0 aliphatic rings. The Hall–Kier alpha value is -1.88. The van der Waals surface area contributed by atoms with E-state index >= 15 is 0 Å². The Bertz CT molecular complexity index is 786. The zero-order valence-corrected chi connectivity index (χ0v) is 13.9. The van der Waals surface area contributed by atoms with Gasteiger partial charge in [0.25, 0.3) is 5.56 Å². The molecule has 114 valence electrons. The predicted molar refractivity (Wildman–Crippen MR) is 88.8 cm³/mol. The van der Waals surface area contributed by atoms with E-state index in [0.29, 0.717) is 10.1 Å². The molecule has 1 aromatic carbocycles.